The Morgan fingerprint density at radius 1 is 1.09 bits per heavy atom. The third-order valence-electron chi connectivity index (χ3n) is 5.46. The van der Waals surface area contributed by atoms with E-state index in [1.54, 1.807) is 23.1 Å². The lowest BCUT2D eigenvalue weighted by atomic mass is 9.99. The maximum absolute atomic E-state index is 13.2. The Morgan fingerprint density at radius 3 is 2.12 bits per heavy atom. The van der Waals surface area contributed by atoms with Crippen molar-refractivity contribution in [3.8, 4) is 11.5 Å². The molecule has 1 aromatic carbocycles. The highest BCUT2D eigenvalue weighted by Crippen LogP contribution is 2.23. The summed E-state index contributed by atoms with van der Waals surface area (Å²) >= 11 is 0. The van der Waals surface area contributed by atoms with Crippen LogP contribution in [0.4, 0.5) is 0 Å². The lowest BCUT2D eigenvalue weighted by molar-refractivity contribution is -0.135. The number of likely N-dealkylation sites (tertiary alicyclic amines) is 1. The second-order valence-electron chi connectivity index (χ2n) is 8.33. The Hall–Kier alpha value is -2.33. The molecule has 0 radical (unpaired) electrons. The predicted molar refractivity (Wildman–Crippen MR) is 122 cm³/mol. The minimum absolute atomic E-state index is 0.0999. The monoisotopic (exact) mass is 469 g/mol. The van der Waals surface area contributed by atoms with E-state index in [4.69, 9.17) is 9.47 Å². The first-order chi connectivity index (χ1) is 15.1. The van der Waals surface area contributed by atoms with Gasteiger partial charge < -0.3 is 19.7 Å². The number of benzene rings is 1. The lowest BCUT2D eigenvalue weighted by Crippen LogP contribution is -2.54. The summed E-state index contributed by atoms with van der Waals surface area (Å²) in [5.74, 6) is 0.376. The first-order valence-corrected chi connectivity index (χ1v) is 12.6. The number of piperidine rings is 1. The normalized spacial score (nSPS) is 16.0. The van der Waals surface area contributed by atoms with Crippen LogP contribution >= 0.6 is 0 Å². The number of hydrogen-bond donors (Lipinski definition) is 2. The van der Waals surface area contributed by atoms with Crippen LogP contribution in [-0.2, 0) is 14.8 Å². The van der Waals surface area contributed by atoms with Gasteiger partial charge in [0.25, 0.3) is 5.91 Å². The van der Waals surface area contributed by atoms with E-state index in [1.165, 1.54) is 14.2 Å². The molecule has 32 heavy (non-hydrogen) atoms. The van der Waals surface area contributed by atoms with Gasteiger partial charge in [-0.3, -0.25) is 9.59 Å². The van der Waals surface area contributed by atoms with Gasteiger partial charge in [-0.15, -0.1) is 0 Å². The second kappa shape index (κ2) is 11.5. The summed E-state index contributed by atoms with van der Waals surface area (Å²) in [7, 11) is -0.282. The third-order valence-corrected chi connectivity index (χ3v) is 7.10. The molecule has 1 aliphatic rings. The predicted octanol–water partition coefficient (Wildman–Crippen LogP) is 1.78. The number of carbonyl (C=O) groups is 2. The van der Waals surface area contributed by atoms with E-state index in [-0.39, 0.29) is 23.6 Å². The molecule has 180 valence electrons. The summed E-state index contributed by atoms with van der Waals surface area (Å²) < 4.78 is 37.2. The molecule has 10 heteroatoms. The zero-order chi connectivity index (χ0) is 23.9. The number of amides is 2. The molecule has 0 aliphatic carbocycles. The first kappa shape index (κ1) is 25.9. The van der Waals surface area contributed by atoms with Crippen molar-refractivity contribution in [2.24, 2.45) is 5.92 Å². The molecule has 1 aliphatic heterocycles. The average Bonchev–Trinajstić information content (AvgIpc) is 2.76. The molecule has 0 spiro atoms. The van der Waals surface area contributed by atoms with Gasteiger partial charge in [0.15, 0.2) is 0 Å². The van der Waals surface area contributed by atoms with Crippen molar-refractivity contribution < 1.29 is 27.5 Å². The van der Waals surface area contributed by atoms with Gasteiger partial charge in [0.05, 0.1) is 20.0 Å². The molecule has 1 saturated heterocycles. The van der Waals surface area contributed by atoms with Gasteiger partial charge in [-0.05, 0) is 37.3 Å². The maximum atomic E-state index is 13.2. The molecule has 0 aromatic heterocycles. The lowest BCUT2D eigenvalue weighted by Gasteiger charge is -2.35. The smallest absolute Gasteiger partial charge is 0.252 e. The molecule has 9 nitrogen and oxygen atoms in total. The molecule has 2 rings (SSSR count). The van der Waals surface area contributed by atoms with Crippen LogP contribution in [0.2, 0.25) is 0 Å². The van der Waals surface area contributed by atoms with Crippen molar-refractivity contribution in [2.45, 2.75) is 52.1 Å². The Bertz CT molecular complexity index is 873. The molecule has 0 bridgehead atoms. The molecular formula is C22H35N3O6S. The van der Waals surface area contributed by atoms with E-state index in [2.05, 4.69) is 10.0 Å². The number of nitrogens with one attached hydrogen (secondary N) is 2. The van der Waals surface area contributed by atoms with Gasteiger partial charge >= 0.3 is 0 Å². The van der Waals surface area contributed by atoms with E-state index < -0.39 is 22.0 Å². The van der Waals surface area contributed by atoms with E-state index in [9.17, 15) is 18.0 Å². The van der Waals surface area contributed by atoms with Crippen LogP contribution in [0.25, 0.3) is 0 Å². The van der Waals surface area contributed by atoms with Crippen molar-refractivity contribution >= 4 is 21.8 Å². The molecule has 0 saturated carbocycles. The van der Waals surface area contributed by atoms with Crippen molar-refractivity contribution in [2.75, 3.05) is 33.1 Å². The van der Waals surface area contributed by atoms with Crippen LogP contribution in [0.5, 0.6) is 11.5 Å². The fourth-order valence-electron chi connectivity index (χ4n) is 3.67. The molecule has 0 unspecified atom stereocenters. The van der Waals surface area contributed by atoms with Gasteiger partial charge in [0, 0.05) is 30.8 Å². The Balaban J connectivity index is 2.04. The summed E-state index contributed by atoms with van der Waals surface area (Å²) in [6.45, 7) is 6.44. The molecule has 1 aromatic rings. The summed E-state index contributed by atoms with van der Waals surface area (Å²) in [5.41, 5.74) is 0.337. The molecule has 1 fully saturated rings. The van der Waals surface area contributed by atoms with Crippen LogP contribution in [0.1, 0.15) is 50.4 Å². The van der Waals surface area contributed by atoms with E-state index in [1.807, 2.05) is 20.8 Å². The summed E-state index contributed by atoms with van der Waals surface area (Å²) in [5, 5.41) is 2.85. The maximum Gasteiger partial charge on any atom is 0.252 e. The fraction of sp³-hybridized carbons (Fsp3) is 0.636. The molecular weight excluding hydrogens is 434 g/mol. The number of nitrogens with zero attached hydrogens (tertiary/aromatic N) is 1. The van der Waals surface area contributed by atoms with Gasteiger partial charge in [-0.2, -0.15) is 0 Å². The molecule has 1 heterocycles. The fourth-order valence-corrected chi connectivity index (χ4v) is 5.07. The van der Waals surface area contributed by atoms with Crippen LogP contribution in [0, 0.1) is 5.92 Å². The van der Waals surface area contributed by atoms with Gasteiger partial charge in [0.1, 0.15) is 17.5 Å². The third kappa shape index (κ3) is 7.09. The van der Waals surface area contributed by atoms with Crippen LogP contribution < -0.4 is 19.5 Å². The average molecular weight is 470 g/mol. The minimum Gasteiger partial charge on any atom is -0.497 e. The number of sulfonamides is 1. The zero-order valence-corrected chi connectivity index (χ0v) is 20.3. The molecule has 2 amide bonds. The number of carbonyl (C=O) groups excluding carboxylic acids is 2. The highest BCUT2D eigenvalue weighted by atomic mass is 32.2. The highest BCUT2D eigenvalue weighted by molar-refractivity contribution is 7.89. The number of hydrogen-bond acceptors (Lipinski definition) is 6. The SMILES string of the molecule is CCCS(=O)(=O)NC1CCN(C(=O)[C@@H](NC(=O)c2cc(OC)cc(OC)c2)C(C)C)CC1. The van der Waals surface area contributed by atoms with E-state index >= 15 is 0 Å². The van der Waals surface area contributed by atoms with Gasteiger partial charge in [0.2, 0.25) is 15.9 Å². The van der Waals surface area contributed by atoms with Crippen molar-refractivity contribution in [1.82, 2.24) is 14.9 Å². The topological polar surface area (TPSA) is 114 Å². The van der Waals surface area contributed by atoms with Crippen LogP contribution in [-0.4, -0.2) is 70.3 Å². The number of ether oxygens (including phenoxy) is 2. The minimum atomic E-state index is -3.29. The summed E-state index contributed by atoms with van der Waals surface area (Å²) in [6.07, 6.45) is 1.64. The van der Waals surface area contributed by atoms with Crippen molar-refractivity contribution in [1.29, 1.82) is 0 Å². The Morgan fingerprint density at radius 2 is 1.66 bits per heavy atom. The second-order valence-corrected chi connectivity index (χ2v) is 10.2. The van der Waals surface area contributed by atoms with E-state index in [0.29, 0.717) is 49.4 Å². The van der Waals surface area contributed by atoms with E-state index in [0.717, 1.165) is 0 Å². The highest BCUT2D eigenvalue weighted by Gasteiger charge is 2.32. The Kier molecular flexibility index (Phi) is 9.33. The van der Waals surface area contributed by atoms with Gasteiger partial charge in [-0.25, -0.2) is 13.1 Å². The summed E-state index contributed by atoms with van der Waals surface area (Å²) in [6, 6.07) is 3.97. The van der Waals surface area contributed by atoms with Crippen molar-refractivity contribution in [3.63, 3.8) is 0 Å². The number of rotatable bonds is 10. The van der Waals surface area contributed by atoms with Gasteiger partial charge in [-0.1, -0.05) is 20.8 Å². The van der Waals surface area contributed by atoms with Crippen molar-refractivity contribution in [3.05, 3.63) is 23.8 Å². The summed E-state index contributed by atoms with van der Waals surface area (Å²) in [4.78, 5) is 27.8. The number of methoxy groups -OCH3 is 2. The quantitative estimate of drug-likeness (QED) is 0.540. The molecule has 2 N–H and O–H groups in total. The zero-order valence-electron chi connectivity index (χ0n) is 19.5. The Labute approximate surface area is 190 Å². The first-order valence-electron chi connectivity index (χ1n) is 10.9. The largest absolute Gasteiger partial charge is 0.497 e. The molecule has 1 atom stereocenters. The van der Waals surface area contributed by atoms with Crippen LogP contribution in [0.15, 0.2) is 18.2 Å². The standard InChI is InChI=1S/C22H35N3O6S/c1-6-11-32(28,29)24-17-7-9-25(10-8-17)22(27)20(15(2)3)23-21(26)16-12-18(30-4)14-19(13-16)31-5/h12-15,17,20,24H,6-11H2,1-5H3,(H,23,26)/t20-/m0/s1. The van der Waals surface area contributed by atoms with Crippen LogP contribution in [0.3, 0.4) is 0 Å².